The zero-order valence-electron chi connectivity index (χ0n) is 20.5. The fraction of sp³-hybridized carbons (Fsp3) is 0.346. The zero-order chi connectivity index (χ0) is 26.1. The van der Waals surface area contributed by atoms with Gasteiger partial charge in [0, 0.05) is 72.0 Å². The second-order valence-corrected chi connectivity index (χ2v) is 11.3. The number of rotatable bonds is 5. The number of aryl methyl sites for hydroxylation is 1. The molecule has 0 spiro atoms. The van der Waals surface area contributed by atoms with Crippen LogP contribution in [0.5, 0.6) is 0 Å². The van der Waals surface area contributed by atoms with Crippen LogP contribution < -0.4 is 10.2 Å². The molecule has 1 aliphatic heterocycles. The summed E-state index contributed by atoms with van der Waals surface area (Å²) < 4.78 is 48.2. The number of nitrogens with zero attached hydrogens (tertiary/aromatic N) is 3. The van der Waals surface area contributed by atoms with E-state index in [9.17, 15) is 17.8 Å². The van der Waals surface area contributed by atoms with Crippen molar-refractivity contribution >= 4 is 27.1 Å². The number of hydrogen-bond acceptors (Lipinski definition) is 6. The molecule has 0 bridgehead atoms. The summed E-state index contributed by atoms with van der Waals surface area (Å²) in [6, 6.07) is 10.1. The van der Waals surface area contributed by atoms with Crippen LogP contribution in [0.3, 0.4) is 0 Å². The minimum Gasteiger partial charge on any atom is -0.356 e. The van der Waals surface area contributed by atoms with Gasteiger partial charge in [0.25, 0.3) is 5.91 Å². The molecule has 3 aromatic rings. The monoisotopic (exact) mass is 513 g/mol. The number of pyridine rings is 2. The van der Waals surface area contributed by atoms with Gasteiger partial charge in [0.1, 0.15) is 5.82 Å². The third-order valence-corrected chi connectivity index (χ3v) is 7.56. The van der Waals surface area contributed by atoms with Crippen LogP contribution in [0.15, 0.2) is 53.7 Å². The first kappa shape index (κ1) is 25.7. The molecule has 1 aliphatic rings. The lowest BCUT2D eigenvalue weighted by atomic mass is 9.97. The highest BCUT2D eigenvalue weighted by Crippen LogP contribution is 2.35. The molecule has 1 atom stereocenters. The van der Waals surface area contributed by atoms with E-state index in [1.54, 1.807) is 41.6 Å². The molecule has 2 N–H and O–H groups in total. The van der Waals surface area contributed by atoms with Gasteiger partial charge in [-0.3, -0.25) is 9.78 Å². The SMILES string of the molecule is Cc1ncccc1-c1cnc(N2CCCC(F)(F)CC2)c(C(=O)Nc2cccc(S(C)(=N)=O)c2)c1C. The summed E-state index contributed by atoms with van der Waals surface area (Å²) in [6.45, 7) is 4.12. The quantitative estimate of drug-likeness (QED) is 0.458. The highest BCUT2D eigenvalue weighted by atomic mass is 32.2. The predicted molar refractivity (Wildman–Crippen MR) is 137 cm³/mol. The van der Waals surface area contributed by atoms with Gasteiger partial charge in [-0.1, -0.05) is 12.1 Å². The molecule has 1 unspecified atom stereocenters. The Balaban J connectivity index is 1.80. The van der Waals surface area contributed by atoms with Crippen LogP contribution in [0.25, 0.3) is 11.1 Å². The van der Waals surface area contributed by atoms with Gasteiger partial charge < -0.3 is 10.2 Å². The average molecular weight is 514 g/mol. The number of nitrogens with one attached hydrogen (secondary N) is 2. The minimum atomic E-state index is -2.97. The highest BCUT2D eigenvalue weighted by molar-refractivity contribution is 7.91. The molecule has 0 saturated carbocycles. The van der Waals surface area contributed by atoms with E-state index in [1.165, 1.54) is 12.3 Å². The normalized spacial score (nSPS) is 17.2. The van der Waals surface area contributed by atoms with Crippen LogP contribution in [-0.4, -0.2) is 45.4 Å². The Labute approximate surface area is 209 Å². The number of alkyl halides is 2. The molecule has 7 nitrogen and oxygen atoms in total. The fourth-order valence-electron chi connectivity index (χ4n) is 4.43. The summed E-state index contributed by atoms with van der Waals surface area (Å²) in [5.74, 6) is -2.86. The minimum absolute atomic E-state index is 0.0806. The van der Waals surface area contributed by atoms with Gasteiger partial charge in [-0.15, -0.1) is 0 Å². The number of hydrogen-bond donors (Lipinski definition) is 2. The van der Waals surface area contributed by atoms with Crippen molar-refractivity contribution in [2.75, 3.05) is 29.6 Å². The van der Waals surface area contributed by atoms with Gasteiger partial charge in [-0.05, 0) is 50.1 Å². The summed E-state index contributed by atoms with van der Waals surface area (Å²) in [7, 11) is -2.97. The Hall–Kier alpha value is -3.40. The van der Waals surface area contributed by atoms with E-state index in [2.05, 4.69) is 15.3 Å². The number of amides is 1. The summed E-state index contributed by atoms with van der Waals surface area (Å²) in [6.07, 6.45) is 4.44. The predicted octanol–water partition coefficient (Wildman–Crippen LogP) is 5.67. The summed E-state index contributed by atoms with van der Waals surface area (Å²) in [5.41, 5.74) is 3.65. The Morgan fingerprint density at radius 1 is 1.11 bits per heavy atom. The van der Waals surface area contributed by atoms with Crippen LogP contribution in [0.2, 0.25) is 0 Å². The third-order valence-electron chi connectivity index (χ3n) is 6.40. The lowest BCUT2D eigenvalue weighted by Crippen LogP contribution is -2.30. The van der Waals surface area contributed by atoms with Crippen molar-refractivity contribution in [3.05, 3.63) is 65.6 Å². The van der Waals surface area contributed by atoms with Gasteiger partial charge in [0.2, 0.25) is 5.92 Å². The average Bonchev–Trinajstić information content (AvgIpc) is 2.99. The zero-order valence-corrected chi connectivity index (χ0v) is 21.3. The Morgan fingerprint density at radius 3 is 2.61 bits per heavy atom. The van der Waals surface area contributed by atoms with Gasteiger partial charge in [-0.2, -0.15) is 0 Å². The molecule has 2 aromatic heterocycles. The van der Waals surface area contributed by atoms with Crippen molar-refractivity contribution < 1.29 is 17.8 Å². The van der Waals surface area contributed by atoms with E-state index in [0.717, 1.165) is 16.8 Å². The van der Waals surface area contributed by atoms with Crippen LogP contribution in [0, 0.1) is 18.6 Å². The van der Waals surface area contributed by atoms with Crippen LogP contribution in [-0.2, 0) is 9.73 Å². The molecule has 0 radical (unpaired) electrons. The molecule has 36 heavy (non-hydrogen) atoms. The van der Waals surface area contributed by atoms with Crippen LogP contribution in [0.1, 0.15) is 40.9 Å². The number of aromatic nitrogens is 2. The van der Waals surface area contributed by atoms with Crippen molar-refractivity contribution in [3.8, 4) is 11.1 Å². The van der Waals surface area contributed by atoms with Crippen molar-refractivity contribution in [2.45, 2.75) is 43.9 Å². The second kappa shape index (κ2) is 9.93. The Kier molecular flexibility index (Phi) is 7.08. The number of anilines is 2. The molecule has 0 aliphatic carbocycles. The molecule has 1 saturated heterocycles. The molecule has 1 amide bonds. The number of benzene rings is 1. The topological polar surface area (TPSA) is 99.0 Å². The molecular formula is C26H29F2N5O2S. The molecule has 10 heteroatoms. The first-order chi connectivity index (χ1) is 17.0. The van der Waals surface area contributed by atoms with Gasteiger partial charge in [0.15, 0.2) is 0 Å². The number of carbonyl (C=O) groups excluding carboxylic acids is 1. The fourth-order valence-corrected chi connectivity index (χ4v) is 5.12. The maximum Gasteiger partial charge on any atom is 0.259 e. The second-order valence-electron chi connectivity index (χ2n) is 9.15. The van der Waals surface area contributed by atoms with E-state index >= 15 is 0 Å². The molecule has 1 aromatic carbocycles. The standard InChI is InChI=1S/C26H29F2N5O2S/c1-17-22(21-9-5-12-30-18(21)2)16-31-24(33-13-6-10-26(27,28)11-14-33)23(17)25(34)32-19-7-4-8-20(15-19)36(3,29)35/h4-5,7-9,12,15-16,29H,6,10-11,13-14H2,1-3H3,(H,32,34). The summed E-state index contributed by atoms with van der Waals surface area (Å²) >= 11 is 0. The van der Waals surface area contributed by atoms with Crippen molar-refractivity contribution in [2.24, 2.45) is 0 Å². The van der Waals surface area contributed by atoms with E-state index in [-0.39, 0.29) is 31.4 Å². The number of halogens is 2. The van der Waals surface area contributed by atoms with Crippen molar-refractivity contribution in [3.63, 3.8) is 0 Å². The molecule has 3 heterocycles. The maximum absolute atomic E-state index is 14.1. The molecule has 4 rings (SSSR count). The molecular weight excluding hydrogens is 484 g/mol. The van der Waals surface area contributed by atoms with E-state index in [0.29, 0.717) is 28.5 Å². The largest absolute Gasteiger partial charge is 0.356 e. The van der Waals surface area contributed by atoms with E-state index in [1.807, 2.05) is 19.9 Å². The molecule has 190 valence electrons. The first-order valence-corrected chi connectivity index (χ1v) is 13.6. The first-order valence-electron chi connectivity index (χ1n) is 11.7. The lowest BCUT2D eigenvalue weighted by Gasteiger charge is -2.26. The van der Waals surface area contributed by atoms with Crippen LogP contribution in [0.4, 0.5) is 20.3 Å². The smallest absolute Gasteiger partial charge is 0.259 e. The van der Waals surface area contributed by atoms with Gasteiger partial charge >= 0.3 is 0 Å². The molecule has 1 fully saturated rings. The summed E-state index contributed by atoms with van der Waals surface area (Å²) in [5, 5.41) is 2.84. The Bertz CT molecular complexity index is 1410. The highest BCUT2D eigenvalue weighted by Gasteiger charge is 2.33. The van der Waals surface area contributed by atoms with Crippen molar-refractivity contribution in [1.29, 1.82) is 4.78 Å². The van der Waals surface area contributed by atoms with Crippen molar-refractivity contribution in [1.82, 2.24) is 9.97 Å². The van der Waals surface area contributed by atoms with Gasteiger partial charge in [0.05, 0.1) is 15.3 Å². The maximum atomic E-state index is 14.1. The van der Waals surface area contributed by atoms with Crippen LogP contribution >= 0.6 is 0 Å². The van der Waals surface area contributed by atoms with E-state index in [4.69, 9.17) is 4.78 Å². The van der Waals surface area contributed by atoms with Gasteiger partial charge in [-0.25, -0.2) is 22.8 Å². The number of carbonyl (C=O) groups is 1. The Morgan fingerprint density at radius 2 is 1.89 bits per heavy atom. The third kappa shape index (κ3) is 5.53. The van der Waals surface area contributed by atoms with E-state index < -0.39 is 21.6 Å². The lowest BCUT2D eigenvalue weighted by molar-refractivity contribution is -0.0102. The summed E-state index contributed by atoms with van der Waals surface area (Å²) in [4.78, 5) is 24.7.